The average molecular weight is 313 g/mol. The van der Waals surface area contributed by atoms with E-state index in [2.05, 4.69) is 28.5 Å². The molecular weight excluding hydrogens is 290 g/mol. The number of hydrogen-bond acceptors (Lipinski definition) is 3. The number of carbonyl (C=O) groups is 1. The Morgan fingerprint density at radius 2 is 2.17 bits per heavy atom. The maximum Gasteiger partial charge on any atom is 0.230 e. The number of carbonyl (C=O) groups excluding carboxylic acids is 1. The minimum absolute atomic E-state index is 0.00103. The average Bonchev–Trinajstić information content (AvgIpc) is 2.93. The topological polar surface area (TPSA) is 68.4 Å². The van der Waals surface area contributed by atoms with Crippen LogP contribution in [0.5, 0.6) is 0 Å². The van der Waals surface area contributed by atoms with Gasteiger partial charge in [-0.3, -0.25) is 4.79 Å². The van der Waals surface area contributed by atoms with Gasteiger partial charge in [0.25, 0.3) is 0 Å². The molecule has 1 aromatic heterocycles. The molecule has 5 heteroatoms. The van der Waals surface area contributed by atoms with E-state index in [-0.39, 0.29) is 23.9 Å². The number of aromatic nitrogens is 1. The van der Waals surface area contributed by atoms with Crippen LogP contribution in [0.3, 0.4) is 0 Å². The summed E-state index contributed by atoms with van der Waals surface area (Å²) < 4.78 is 0. The predicted molar refractivity (Wildman–Crippen MR) is 89.1 cm³/mol. The van der Waals surface area contributed by atoms with E-state index < -0.39 is 6.10 Å². The lowest BCUT2D eigenvalue weighted by molar-refractivity contribution is -0.149. The first kappa shape index (κ1) is 14.7. The zero-order valence-corrected chi connectivity index (χ0v) is 13.5. The second-order valence-corrected chi connectivity index (χ2v) is 6.76. The monoisotopic (exact) mass is 313 g/mol. The molecule has 23 heavy (non-hydrogen) atoms. The number of para-hydroxylation sites is 1. The quantitative estimate of drug-likeness (QED) is 0.788. The van der Waals surface area contributed by atoms with Crippen LogP contribution in [0, 0.1) is 5.92 Å². The molecule has 0 saturated carbocycles. The third kappa shape index (κ3) is 2.11. The third-order valence-electron chi connectivity index (χ3n) is 5.53. The lowest BCUT2D eigenvalue weighted by Crippen LogP contribution is -2.58. The summed E-state index contributed by atoms with van der Waals surface area (Å²) in [6.45, 7) is 2.45. The highest BCUT2D eigenvalue weighted by atomic mass is 16.3. The fourth-order valence-electron chi connectivity index (χ4n) is 4.42. The van der Waals surface area contributed by atoms with E-state index in [1.54, 1.807) is 6.92 Å². The molecule has 1 amide bonds. The van der Waals surface area contributed by atoms with E-state index in [9.17, 15) is 9.90 Å². The van der Waals surface area contributed by atoms with Crippen LogP contribution in [0.25, 0.3) is 10.9 Å². The normalized spacial score (nSPS) is 28.6. The molecule has 0 radical (unpaired) electrons. The Bertz CT molecular complexity index is 752. The van der Waals surface area contributed by atoms with E-state index in [1.807, 2.05) is 18.0 Å². The first-order valence-corrected chi connectivity index (χ1v) is 8.37. The minimum Gasteiger partial charge on any atom is -0.393 e. The number of benzene rings is 1. The number of aliphatic hydroxyl groups excluding tert-OH is 1. The van der Waals surface area contributed by atoms with Crippen LogP contribution in [0.2, 0.25) is 0 Å². The van der Waals surface area contributed by atoms with Gasteiger partial charge >= 0.3 is 0 Å². The van der Waals surface area contributed by atoms with Gasteiger partial charge in [-0.15, -0.1) is 0 Å². The summed E-state index contributed by atoms with van der Waals surface area (Å²) in [6.07, 6.45) is 1.07. The van der Waals surface area contributed by atoms with Crippen LogP contribution in [0.1, 0.15) is 30.6 Å². The van der Waals surface area contributed by atoms with Gasteiger partial charge in [0.1, 0.15) is 0 Å². The van der Waals surface area contributed by atoms with Gasteiger partial charge in [0.05, 0.1) is 18.1 Å². The molecular formula is C18H23N3O2. The van der Waals surface area contributed by atoms with Crippen molar-refractivity contribution in [1.82, 2.24) is 15.2 Å². The number of hydrogen-bond donors (Lipinski definition) is 3. The van der Waals surface area contributed by atoms with E-state index in [0.29, 0.717) is 0 Å². The van der Waals surface area contributed by atoms with E-state index in [1.165, 1.54) is 16.6 Å². The van der Waals surface area contributed by atoms with Crippen molar-refractivity contribution >= 4 is 16.8 Å². The fraction of sp³-hybridized carbons (Fsp3) is 0.500. The molecule has 2 aliphatic rings. The molecule has 0 spiro atoms. The van der Waals surface area contributed by atoms with Crippen LogP contribution in [0.15, 0.2) is 24.3 Å². The van der Waals surface area contributed by atoms with Crippen molar-refractivity contribution < 1.29 is 9.90 Å². The summed E-state index contributed by atoms with van der Waals surface area (Å²) in [5.41, 5.74) is 3.67. The summed E-state index contributed by atoms with van der Waals surface area (Å²) in [5, 5.41) is 14.6. The number of piperidine rings is 1. The van der Waals surface area contributed by atoms with Crippen LogP contribution >= 0.6 is 0 Å². The number of rotatable bonds is 2. The Morgan fingerprint density at radius 1 is 1.39 bits per heavy atom. The zero-order valence-electron chi connectivity index (χ0n) is 13.5. The summed E-state index contributed by atoms with van der Waals surface area (Å²) in [5.74, 6) is -0.290. The number of aliphatic hydroxyl groups is 1. The van der Waals surface area contributed by atoms with Gasteiger partial charge < -0.3 is 20.3 Å². The number of nitrogens with zero attached hydrogens (tertiary/aromatic N) is 1. The second kappa shape index (κ2) is 5.35. The molecule has 3 N–H and O–H groups in total. The molecule has 5 nitrogen and oxygen atoms in total. The van der Waals surface area contributed by atoms with E-state index >= 15 is 0 Å². The molecule has 2 aromatic rings. The fourth-order valence-corrected chi connectivity index (χ4v) is 4.42. The maximum absolute atomic E-state index is 12.9. The Balaban J connectivity index is 1.78. The van der Waals surface area contributed by atoms with Gasteiger partial charge in [-0.05, 0) is 38.4 Å². The Morgan fingerprint density at radius 3 is 2.91 bits per heavy atom. The number of amides is 1. The number of H-pyrrole nitrogens is 1. The molecule has 1 fully saturated rings. The van der Waals surface area contributed by atoms with Crippen LogP contribution in [-0.4, -0.2) is 46.6 Å². The van der Waals surface area contributed by atoms with Crippen molar-refractivity contribution in [2.75, 3.05) is 13.6 Å². The van der Waals surface area contributed by atoms with Crippen LogP contribution < -0.4 is 5.32 Å². The van der Waals surface area contributed by atoms with Crippen LogP contribution in [0.4, 0.5) is 0 Å². The van der Waals surface area contributed by atoms with Gasteiger partial charge in [-0.25, -0.2) is 0 Å². The lowest BCUT2D eigenvalue weighted by atomic mass is 9.80. The highest BCUT2D eigenvalue weighted by molar-refractivity contribution is 5.87. The Labute approximate surface area is 135 Å². The van der Waals surface area contributed by atoms with Gasteiger partial charge in [0.2, 0.25) is 5.91 Å². The lowest BCUT2D eigenvalue weighted by Gasteiger charge is -2.46. The first-order chi connectivity index (χ1) is 11.1. The summed E-state index contributed by atoms with van der Waals surface area (Å²) in [7, 11) is 1.87. The van der Waals surface area contributed by atoms with E-state index in [0.717, 1.165) is 24.9 Å². The minimum atomic E-state index is -0.634. The van der Waals surface area contributed by atoms with Gasteiger partial charge in [0, 0.05) is 29.2 Å². The van der Waals surface area contributed by atoms with Gasteiger partial charge in [-0.2, -0.15) is 0 Å². The Hall–Kier alpha value is -1.85. The molecule has 1 saturated heterocycles. The van der Waals surface area contributed by atoms with Crippen LogP contribution in [-0.2, 0) is 11.2 Å². The molecule has 1 aromatic carbocycles. The molecule has 0 aliphatic carbocycles. The highest BCUT2D eigenvalue weighted by Gasteiger charge is 2.46. The number of nitrogens with one attached hydrogen (secondary N) is 2. The summed E-state index contributed by atoms with van der Waals surface area (Å²) in [4.78, 5) is 18.4. The van der Waals surface area contributed by atoms with Crippen molar-refractivity contribution in [3.05, 3.63) is 35.5 Å². The molecule has 4 atom stereocenters. The van der Waals surface area contributed by atoms with E-state index in [4.69, 9.17) is 0 Å². The SMILES string of the molecule is CN[C@H]1C[C@H]2c3[nH]c4ccccc4c3CCN2C(=O)C1[C@H](C)O. The molecule has 3 heterocycles. The number of fused-ring (bicyclic) bond motifs is 5. The summed E-state index contributed by atoms with van der Waals surface area (Å²) >= 11 is 0. The Kier molecular flexibility index (Phi) is 3.43. The molecule has 122 valence electrons. The zero-order chi connectivity index (χ0) is 16.1. The standard InChI is InChI=1S/C18H23N3O2/c1-10(22)16-14(19-2)9-15-17-12(7-8-21(15)18(16)23)11-5-3-4-6-13(11)20-17/h3-6,10,14-16,19-20,22H,7-9H2,1-2H3/t10-,14-,15-,16?/m0/s1. The first-order valence-electron chi connectivity index (χ1n) is 8.37. The third-order valence-corrected chi connectivity index (χ3v) is 5.53. The molecule has 1 unspecified atom stereocenters. The molecule has 2 aliphatic heterocycles. The highest BCUT2D eigenvalue weighted by Crippen LogP contribution is 2.41. The largest absolute Gasteiger partial charge is 0.393 e. The second-order valence-electron chi connectivity index (χ2n) is 6.76. The van der Waals surface area contributed by atoms with Crippen molar-refractivity contribution in [2.24, 2.45) is 5.92 Å². The maximum atomic E-state index is 12.9. The van der Waals surface area contributed by atoms with Crippen molar-refractivity contribution in [2.45, 2.75) is 38.0 Å². The van der Waals surface area contributed by atoms with Crippen molar-refractivity contribution in [3.8, 4) is 0 Å². The van der Waals surface area contributed by atoms with Gasteiger partial charge in [-0.1, -0.05) is 18.2 Å². The smallest absolute Gasteiger partial charge is 0.230 e. The number of aromatic amines is 1. The van der Waals surface area contributed by atoms with Gasteiger partial charge in [0.15, 0.2) is 0 Å². The summed E-state index contributed by atoms with van der Waals surface area (Å²) in [6, 6.07) is 8.42. The molecule has 0 bridgehead atoms. The molecule has 4 rings (SSSR count). The van der Waals surface area contributed by atoms with Crippen molar-refractivity contribution in [3.63, 3.8) is 0 Å². The predicted octanol–water partition coefficient (Wildman–Crippen LogP) is 1.58. The van der Waals surface area contributed by atoms with Crippen molar-refractivity contribution in [1.29, 1.82) is 0 Å².